The summed E-state index contributed by atoms with van der Waals surface area (Å²) in [5.41, 5.74) is 0. The Labute approximate surface area is 85.5 Å². The number of hydrogen-bond donors (Lipinski definition) is 0. The molecule has 0 nitrogen and oxygen atoms in total. The van der Waals surface area contributed by atoms with Crippen LogP contribution in [0, 0.1) is 6.26 Å². The van der Waals surface area contributed by atoms with Crippen LogP contribution >= 0.6 is 11.8 Å². The highest BCUT2D eigenvalue weighted by Crippen LogP contribution is 2.47. The minimum Gasteiger partial charge on any atom is -0.195 e. The predicted octanol–water partition coefficient (Wildman–Crippen LogP) is 3.90. The zero-order valence-electron chi connectivity index (χ0n) is 7.12. The Bertz CT molecular complexity index is 230. The van der Waals surface area contributed by atoms with Gasteiger partial charge in [0.1, 0.15) is 0 Å². The molecule has 0 unspecified atom stereocenters. The van der Waals surface area contributed by atoms with Gasteiger partial charge in [-0.2, -0.15) is 42.5 Å². The average Bonchev–Trinajstić information content (AvgIpc) is 2.02. The van der Waals surface area contributed by atoms with E-state index in [2.05, 4.69) is 6.26 Å². The summed E-state index contributed by atoms with van der Waals surface area (Å²) >= 11 is 0.764. The third kappa shape index (κ3) is 3.29. The maximum absolute atomic E-state index is 12.4. The van der Waals surface area contributed by atoms with Crippen molar-refractivity contribution in [1.29, 1.82) is 0 Å². The highest BCUT2D eigenvalue weighted by Gasteiger charge is 2.71. The molecule has 0 N–H and O–H groups in total. The molecule has 0 saturated carbocycles. The second kappa shape index (κ2) is 4.63. The van der Waals surface area contributed by atoms with E-state index in [9.17, 15) is 30.7 Å². The number of allylic oxidation sites excluding steroid dienone is 1. The SMILES string of the molecule is [CH2]SC/C=C/C(F)(F)C(F)(F)C(F)(F)F. The summed E-state index contributed by atoms with van der Waals surface area (Å²) in [5, 5.41) is 0. The van der Waals surface area contributed by atoms with Crippen LogP contribution in [0.25, 0.3) is 0 Å². The molecule has 0 amide bonds. The molecule has 0 aromatic rings. The van der Waals surface area contributed by atoms with Crippen molar-refractivity contribution < 1.29 is 30.7 Å². The molecule has 0 bridgehead atoms. The summed E-state index contributed by atoms with van der Waals surface area (Å²) in [6.07, 6.45) is -3.10. The van der Waals surface area contributed by atoms with Crippen molar-refractivity contribution in [2.24, 2.45) is 0 Å². The summed E-state index contributed by atoms with van der Waals surface area (Å²) in [6, 6.07) is 0. The van der Waals surface area contributed by atoms with E-state index in [0.717, 1.165) is 11.8 Å². The van der Waals surface area contributed by atoms with E-state index in [1.54, 1.807) is 0 Å². The molecule has 0 rings (SSSR count). The van der Waals surface area contributed by atoms with Gasteiger partial charge in [-0.15, -0.1) is 0 Å². The molecule has 1 radical (unpaired) electrons. The third-order valence-electron chi connectivity index (χ3n) is 1.32. The largest absolute Gasteiger partial charge is 0.460 e. The van der Waals surface area contributed by atoms with Gasteiger partial charge in [0, 0.05) is 12.0 Å². The van der Waals surface area contributed by atoms with Gasteiger partial charge in [0.05, 0.1) is 0 Å². The van der Waals surface area contributed by atoms with E-state index < -0.39 is 24.1 Å². The van der Waals surface area contributed by atoms with Crippen molar-refractivity contribution in [3.8, 4) is 0 Å². The molecule has 0 fully saturated rings. The fourth-order valence-corrected chi connectivity index (χ4v) is 0.790. The van der Waals surface area contributed by atoms with E-state index in [-0.39, 0.29) is 5.75 Å². The van der Waals surface area contributed by atoms with Gasteiger partial charge in [-0.1, -0.05) is 6.08 Å². The van der Waals surface area contributed by atoms with Crippen LogP contribution in [0.3, 0.4) is 0 Å². The lowest BCUT2D eigenvalue weighted by molar-refractivity contribution is -0.341. The topological polar surface area (TPSA) is 0 Å². The maximum Gasteiger partial charge on any atom is 0.460 e. The highest BCUT2D eigenvalue weighted by molar-refractivity contribution is 8.00. The van der Waals surface area contributed by atoms with Gasteiger partial charge in [-0.3, -0.25) is 0 Å². The molecule has 0 aliphatic heterocycles. The molecule has 0 aliphatic rings. The number of alkyl halides is 7. The van der Waals surface area contributed by atoms with Crippen molar-refractivity contribution in [2.75, 3.05) is 5.75 Å². The summed E-state index contributed by atoms with van der Waals surface area (Å²) < 4.78 is 83.9. The first-order chi connectivity index (χ1) is 6.56. The maximum atomic E-state index is 12.4. The van der Waals surface area contributed by atoms with Crippen LogP contribution in [0.4, 0.5) is 30.7 Å². The lowest BCUT2D eigenvalue weighted by Crippen LogP contribution is -2.50. The first-order valence-corrected chi connectivity index (χ1v) is 4.59. The summed E-state index contributed by atoms with van der Waals surface area (Å²) in [6.45, 7) is 0. The second-order valence-electron chi connectivity index (χ2n) is 2.47. The summed E-state index contributed by atoms with van der Waals surface area (Å²) in [4.78, 5) is 0. The van der Waals surface area contributed by atoms with Gasteiger partial charge in [0.15, 0.2) is 0 Å². The van der Waals surface area contributed by atoms with Gasteiger partial charge in [0.2, 0.25) is 0 Å². The molecule has 0 heterocycles. The van der Waals surface area contributed by atoms with E-state index in [1.807, 2.05) is 0 Å². The first-order valence-electron chi connectivity index (χ1n) is 3.43. The average molecular weight is 255 g/mol. The zero-order chi connectivity index (χ0) is 12.3. The Balaban J connectivity index is 4.85. The molecule has 0 aromatic heterocycles. The molecular formula is C7H6F7S. The predicted molar refractivity (Wildman–Crippen MR) is 42.9 cm³/mol. The van der Waals surface area contributed by atoms with Crippen molar-refractivity contribution in [1.82, 2.24) is 0 Å². The Morgan fingerprint density at radius 3 is 1.80 bits per heavy atom. The molecular weight excluding hydrogens is 249 g/mol. The molecule has 0 saturated heterocycles. The monoisotopic (exact) mass is 255 g/mol. The van der Waals surface area contributed by atoms with Crippen LogP contribution in [-0.4, -0.2) is 23.8 Å². The molecule has 0 spiro atoms. The van der Waals surface area contributed by atoms with Gasteiger partial charge in [0.25, 0.3) is 0 Å². The first kappa shape index (κ1) is 14.6. The van der Waals surface area contributed by atoms with E-state index in [4.69, 9.17) is 0 Å². The smallest absolute Gasteiger partial charge is 0.195 e. The molecule has 15 heavy (non-hydrogen) atoms. The summed E-state index contributed by atoms with van der Waals surface area (Å²) in [7, 11) is 0. The van der Waals surface area contributed by atoms with E-state index in [1.165, 1.54) is 0 Å². The van der Waals surface area contributed by atoms with Crippen molar-refractivity contribution >= 4 is 11.8 Å². The molecule has 0 aliphatic carbocycles. The molecule has 0 atom stereocenters. The summed E-state index contributed by atoms with van der Waals surface area (Å²) in [5.74, 6) is -11.5. The van der Waals surface area contributed by atoms with Crippen LogP contribution in [0.15, 0.2) is 12.2 Å². The van der Waals surface area contributed by atoms with Crippen LogP contribution in [0.1, 0.15) is 0 Å². The number of thioether (sulfide) groups is 1. The normalized spacial score (nSPS) is 14.9. The van der Waals surface area contributed by atoms with Crippen molar-refractivity contribution in [2.45, 2.75) is 18.0 Å². The van der Waals surface area contributed by atoms with Crippen molar-refractivity contribution in [3.63, 3.8) is 0 Å². The Morgan fingerprint density at radius 2 is 1.47 bits per heavy atom. The molecule has 8 heteroatoms. The fraction of sp³-hybridized carbons (Fsp3) is 0.571. The van der Waals surface area contributed by atoms with Crippen LogP contribution in [0.2, 0.25) is 0 Å². The number of halogens is 7. The van der Waals surface area contributed by atoms with Crippen molar-refractivity contribution in [3.05, 3.63) is 18.4 Å². The standard InChI is InChI=1S/C7H6F7S/c1-15-4-2-3-5(8,9)6(10,11)7(12,13)14/h2-3H,1,4H2/b3-2+. The van der Waals surface area contributed by atoms with Crippen LogP contribution in [0.5, 0.6) is 0 Å². The quantitative estimate of drug-likeness (QED) is 0.542. The molecule has 0 aromatic carbocycles. The minimum absolute atomic E-state index is 0.177. The third-order valence-corrected chi connectivity index (χ3v) is 1.74. The number of rotatable bonds is 4. The fourth-order valence-electron chi connectivity index (χ4n) is 0.558. The molecule has 89 valence electrons. The minimum atomic E-state index is -6.28. The Hall–Kier alpha value is -0.400. The Morgan fingerprint density at radius 1 is 1.00 bits per heavy atom. The lowest BCUT2D eigenvalue weighted by atomic mass is 10.1. The zero-order valence-corrected chi connectivity index (χ0v) is 7.94. The van der Waals surface area contributed by atoms with Crippen LogP contribution < -0.4 is 0 Å². The van der Waals surface area contributed by atoms with E-state index >= 15 is 0 Å². The Kier molecular flexibility index (Phi) is 4.50. The number of hydrogen-bond acceptors (Lipinski definition) is 1. The van der Waals surface area contributed by atoms with Gasteiger partial charge >= 0.3 is 18.0 Å². The second-order valence-corrected chi connectivity index (χ2v) is 3.21. The van der Waals surface area contributed by atoms with Gasteiger partial charge < -0.3 is 0 Å². The highest BCUT2D eigenvalue weighted by atomic mass is 32.2. The van der Waals surface area contributed by atoms with E-state index in [0.29, 0.717) is 6.08 Å². The van der Waals surface area contributed by atoms with Crippen LogP contribution in [-0.2, 0) is 0 Å². The lowest BCUT2D eigenvalue weighted by Gasteiger charge is -2.25. The van der Waals surface area contributed by atoms with Gasteiger partial charge in [-0.05, 0) is 6.08 Å². The van der Waals surface area contributed by atoms with Gasteiger partial charge in [-0.25, -0.2) is 0 Å².